The molecule has 1 amide bonds. The number of rotatable bonds is 6. The summed E-state index contributed by atoms with van der Waals surface area (Å²) in [6.45, 7) is 2.16. The molecule has 0 aliphatic carbocycles. The molecule has 1 aromatic carbocycles. The highest BCUT2D eigenvalue weighted by molar-refractivity contribution is 7.13. The Morgan fingerprint density at radius 3 is 2.93 bits per heavy atom. The molecule has 0 atom stereocenters. The van der Waals surface area contributed by atoms with E-state index in [9.17, 15) is 14.9 Å². The van der Waals surface area contributed by atoms with Gasteiger partial charge in [0, 0.05) is 6.20 Å². The molecule has 0 fully saturated rings. The van der Waals surface area contributed by atoms with Crippen molar-refractivity contribution in [1.82, 2.24) is 14.6 Å². The van der Waals surface area contributed by atoms with Crippen LogP contribution in [0.15, 0.2) is 54.2 Å². The SMILES string of the molecule is CCOc1ccc(NC(=O)c2cnn3c(-c4cccs4)ccnc23)c([N+](=O)[O-])c1. The zero-order valence-electron chi connectivity index (χ0n) is 15.2. The Labute approximate surface area is 168 Å². The molecule has 0 spiro atoms. The van der Waals surface area contributed by atoms with Crippen LogP contribution >= 0.6 is 11.3 Å². The van der Waals surface area contributed by atoms with Gasteiger partial charge in [0.15, 0.2) is 5.65 Å². The fraction of sp³-hybridized carbons (Fsp3) is 0.105. The summed E-state index contributed by atoms with van der Waals surface area (Å²) in [6, 6.07) is 9.97. The van der Waals surface area contributed by atoms with Crippen molar-refractivity contribution in [3.05, 3.63) is 69.8 Å². The van der Waals surface area contributed by atoms with E-state index in [1.807, 2.05) is 23.6 Å². The molecular weight excluding hydrogens is 394 g/mol. The average Bonchev–Trinajstić information content (AvgIpc) is 3.39. The van der Waals surface area contributed by atoms with Crippen molar-refractivity contribution >= 4 is 34.3 Å². The van der Waals surface area contributed by atoms with E-state index in [0.29, 0.717) is 18.0 Å². The molecule has 10 heteroatoms. The highest BCUT2D eigenvalue weighted by atomic mass is 32.1. The Kier molecular flexibility index (Phi) is 4.92. The van der Waals surface area contributed by atoms with Crippen molar-refractivity contribution in [1.29, 1.82) is 0 Å². The number of carbonyl (C=O) groups is 1. The van der Waals surface area contributed by atoms with Crippen LogP contribution < -0.4 is 10.1 Å². The molecule has 146 valence electrons. The molecule has 0 unspecified atom stereocenters. The first kappa shape index (κ1) is 18.6. The maximum atomic E-state index is 12.8. The van der Waals surface area contributed by atoms with Crippen LogP contribution in [-0.4, -0.2) is 32.0 Å². The molecule has 0 radical (unpaired) electrons. The Morgan fingerprint density at radius 2 is 2.21 bits per heavy atom. The smallest absolute Gasteiger partial charge is 0.296 e. The Hall–Kier alpha value is -3.79. The van der Waals surface area contributed by atoms with Crippen LogP contribution in [0.5, 0.6) is 5.75 Å². The summed E-state index contributed by atoms with van der Waals surface area (Å²) in [5.74, 6) is -0.182. The van der Waals surface area contributed by atoms with Crippen LogP contribution in [0.4, 0.5) is 11.4 Å². The quantitative estimate of drug-likeness (QED) is 0.380. The third-order valence-corrected chi connectivity index (χ3v) is 5.04. The number of thiophene rings is 1. The summed E-state index contributed by atoms with van der Waals surface area (Å²) >= 11 is 1.55. The second-order valence-corrected chi connectivity index (χ2v) is 6.87. The van der Waals surface area contributed by atoms with E-state index in [1.54, 1.807) is 35.0 Å². The number of hydrogen-bond acceptors (Lipinski definition) is 7. The largest absolute Gasteiger partial charge is 0.494 e. The molecule has 29 heavy (non-hydrogen) atoms. The minimum absolute atomic E-state index is 0.0669. The van der Waals surface area contributed by atoms with Gasteiger partial charge in [-0.3, -0.25) is 14.9 Å². The lowest BCUT2D eigenvalue weighted by atomic mass is 10.2. The van der Waals surface area contributed by atoms with E-state index in [0.717, 1.165) is 10.6 Å². The summed E-state index contributed by atoms with van der Waals surface area (Å²) in [7, 11) is 0. The van der Waals surface area contributed by atoms with Gasteiger partial charge in [0.1, 0.15) is 17.0 Å². The van der Waals surface area contributed by atoms with Crippen LogP contribution in [0.1, 0.15) is 17.3 Å². The number of ether oxygens (including phenoxy) is 1. The standard InChI is InChI=1S/C19H15N5O4S/c1-2-28-12-5-6-14(16(10-12)24(26)27)22-19(25)13-11-21-23-15(7-8-20-18(13)23)17-4-3-9-29-17/h3-11H,2H2,1H3,(H,22,25). The van der Waals surface area contributed by atoms with Gasteiger partial charge in [-0.1, -0.05) is 6.07 Å². The van der Waals surface area contributed by atoms with Gasteiger partial charge in [-0.2, -0.15) is 5.10 Å². The number of nitrogens with zero attached hydrogens (tertiary/aromatic N) is 4. The zero-order chi connectivity index (χ0) is 20.4. The number of nitrogens with one attached hydrogen (secondary N) is 1. The lowest BCUT2D eigenvalue weighted by molar-refractivity contribution is -0.384. The number of aromatic nitrogens is 3. The summed E-state index contributed by atoms with van der Waals surface area (Å²) < 4.78 is 6.87. The van der Waals surface area contributed by atoms with Crippen LogP contribution in [0.25, 0.3) is 16.2 Å². The molecular formula is C19H15N5O4S. The summed E-state index contributed by atoms with van der Waals surface area (Å²) in [5.41, 5.74) is 1.19. The Balaban J connectivity index is 1.69. The van der Waals surface area contributed by atoms with Crippen molar-refractivity contribution in [3.63, 3.8) is 0 Å². The summed E-state index contributed by atoms with van der Waals surface area (Å²) in [4.78, 5) is 28.9. The maximum Gasteiger partial charge on any atom is 0.296 e. The highest BCUT2D eigenvalue weighted by Crippen LogP contribution is 2.30. The number of amides is 1. The summed E-state index contributed by atoms with van der Waals surface area (Å²) in [5, 5.41) is 20.2. The van der Waals surface area contributed by atoms with Crippen molar-refractivity contribution in [2.24, 2.45) is 0 Å². The van der Waals surface area contributed by atoms with E-state index < -0.39 is 10.8 Å². The van der Waals surface area contributed by atoms with E-state index in [-0.39, 0.29) is 16.9 Å². The van der Waals surface area contributed by atoms with Gasteiger partial charge in [-0.25, -0.2) is 9.50 Å². The van der Waals surface area contributed by atoms with E-state index in [1.165, 1.54) is 18.3 Å². The molecule has 4 aromatic rings. The van der Waals surface area contributed by atoms with Crippen molar-refractivity contribution in [2.45, 2.75) is 6.92 Å². The van der Waals surface area contributed by atoms with Gasteiger partial charge < -0.3 is 10.1 Å². The topological polar surface area (TPSA) is 112 Å². The minimum atomic E-state index is -0.568. The number of hydrogen-bond donors (Lipinski definition) is 1. The highest BCUT2D eigenvalue weighted by Gasteiger charge is 2.21. The van der Waals surface area contributed by atoms with Crippen molar-refractivity contribution < 1.29 is 14.5 Å². The fourth-order valence-corrected chi connectivity index (χ4v) is 3.61. The van der Waals surface area contributed by atoms with E-state index >= 15 is 0 Å². The molecule has 0 saturated carbocycles. The Morgan fingerprint density at radius 1 is 1.34 bits per heavy atom. The van der Waals surface area contributed by atoms with Crippen molar-refractivity contribution in [3.8, 4) is 16.3 Å². The van der Waals surface area contributed by atoms with E-state index in [2.05, 4.69) is 15.4 Å². The van der Waals surface area contributed by atoms with E-state index in [4.69, 9.17) is 4.74 Å². The Bertz CT molecular complexity index is 1200. The third kappa shape index (κ3) is 3.52. The first-order chi connectivity index (χ1) is 14.1. The summed E-state index contributed by atoms with van der Waals surface area (Å²) in [6.07, 6.45) is 3.00. The predicted octanol–water partition coefficient (Wildman–Crippen LogP) is 4.02. The van der Waals surface area contributed by atoms with Gasteiger partial charge in [0.2, 0.25) is 0 Å². The van der Waals surface area contributed by atoms with Gasteiger partial charge in [0.25, 0.3) is 11.6 Å². The van der Waals surface area contributed by atoms with Crippen LogP contribution in [0, 0.1) is 10.1 Å². The average molecular weight is 409 g/mol. The monoisotopic (exact) mass is 409 g/mol. The normalized spacial score (nSPS) is 10.8. The van der Waals surface area contributed by atoms with Crippen LogP contribution in [0.2, 0.25) is 0 Å². The molecule has 0 aliphatic rings. The maximum absolute atomic E-state index is 12.8. The number of carbonyl (C=O) groups excluding carboxylic acids is 1. The van der Waals surface area contributed by atoms with Gasteiger partial charge in [-0.05, 0) is 36.6 Å². The van der Waals surface area contributed by atoms with Gasteiger partial charge >= 0.3 is 0 Å². The lowest BCUT2D eigenvalue weighted by Crippen LogP contribution is -2.13. The lowest BCUT2D eigenvalue weighted by Gasteiger charge is -2.08. The number of nitro benzene ring substituents is 1. The molecule has 0 saturated heterocycles. The molecule has 0 aliphatic heterocycles. The number of nitro groups is 1. The van der Waals surface area contributed by atoms with Gasteiger partial charge in [0.05, 0.1) is 34.4 Å². The first-order valence-electron chi connectivity index (χ1n) is 8.67. The predicted molar refractivity (Wildman–Crippen MR) is 109 cm³/mol. The number of fused-ring (bicyclic) bond motifs is 1. The number of anilines is 1. The minimum Gasteiger partial charge on any atom is -0.494 e. The van der Waals surface area contributed by atoms with Crippen LogP contribution in [0.3, 0.4) is 0 Å². The molecule has 3 heterocycles. The molecule has 1 N–H and O–H groups in total. The number of benzene rings is 1. The second-order valence-electron chi connectivity index (χ2n) is 5.92. The second kappa shape index (κ2) is 7.68. The van der Waals surface area contributed by atoms with Crippen molar-refractivity contribution in [2.75, 3.05) is 11.9 Å². The third-order valence-electron chi connectivity index (χ3n) is 4.14. The van der Waals surface area contributed by atoms with Gasteiger partial charge in [-0.15, -0.1) is 11.3 Å². The zero-order valence-corrected chi connectivity index (χ0v) is 16.0. The molecule has 9 nitrogen and oxygen atoms in total. The van der Waals surface area contributed by atoms with Crippen LogP contribution in [-0.2, 0) is 0 Å². The first-order valence-corrected chi connectivity index (χ1v) is 9.55. The fourth-order valence-electron chi connectivity index (χ4n) is 2.88. The molecule has 0 bridgehead atoms. The molecule has 4 rings (SSSR count). The molecule has 3 aromatic heterocycles.